The summed E-state index contributed by atoms with van der Waals surface area (Å²) < 4.78 is 3.32. The molecule has 4 heteroatoms. The van der Waals surface area contributed by atoms with Gasteiger partial charge in [-0.3, -0.25) is 14.1 Å². The molecule has 0 atom stereocenters. The summed E-state index contributed by atoms with van der Waals surface area (Å²) in [6.45, 7) is 0. The molecule has 0 fully saturated rings. The molecule has 0 saturated carbocycles. The van der Waals surface area contributed by atoms with E-state index in [2.05, 4.69) is 4.98 Å². The van der Waals surface area contributed by atoms with E-state index < -0.39 is 0 Å². The highest BCUT2D eigenvalue weighted by Gasteiger charge is 2.08. The lowest BCUT2D eigenvalue weighted by molar-refractivity contribution is 0.795. The van der Waals surface area contributed by atoms with E-state index in [9.17, 15) is 4.79 Å². The second-order valence-corrected chi connectivity index (χ2v) is 4.35. The quantitative estimate of drug-likeness (QED) is 0.651. The minimum Gasteiger partial charge on any atom is -0.295 e. The molecule has 18 heavy (non-hydrogen) atoms. The molecule has 0 aliphatic rings. The summed E-state index contributed by atoms with van der Waals surface area (Å²) in [5, 5.41) is 0. The Morgan fingerprint density at radius 1 is 1.00 bits per heavy atom. The standard InChI is InChI=1S/C14H13N3O/c1-16-12-6-5-10(11-4-3-7-15-9-11)8-13(12)17(2)14(16)18/h3-9H,1-2H3. The largest absolute Gasteiger partial charge is 0.328 e. The van der Waals surface area contributed by atoms with Gasteiger partial charge >= 0.3 is 5.69 Å². The number of benzene rings is 1. The molecule has 0 amide bonds. The summed E-state index contributed by atoms with van der Waals surface area (Å²) in [6.07, 6.45) is 3.57. The van der Waals surface area contributed by atoms with Crippen LogP contribution in [0.1, 0.15) is 0 Å². The Morgan fingerprint density at radius 3 is 2.50 bits per heavy atom. The second-order valence-electron chi connectivity index (χ2n) is 4.35. The topological polar surface area (TPSA) is 39.8 Å². The fraction of sp³-hybridized carbons (Fsp3) is 0.143. The Bertz CT molecular complexity index is 769. The van der Waals surface area contributed by atoms with Gasteiger partial charge in [0.05, 0.1) is 11.0 Å². The number of hydrogen-bond donors (Lipinski definition) is 0. The van der Waals surface area contributed by atoms with E-state index in [4.69, 9.17) is 0 Å². The number of aromatic nitrogens is 3. The highest BCUT2D eigenvalue weighted by molar-refractivity contribution is 5.82. The van der Waals surface area contributed by atoms with Crippen LogP contribution in [-0.4, -0.2) is 14.1 Å². The van der Waals surface area contributed by atoms with Gasteiger partial charge in [-0.2, -0.15) is 0 Å². The molecule has 2 aromatic heterocycles. The van der Waals surface area contributed by atoms with Gasteiger partial charge in [-0.25, -0.2) is 4.79 Å². The first kappa shape index (κ1) is 10.8. The molecule has 0 spiro atoms. The zero-order valence-corrected chi connectivity index (χ0v) is 10.3. The number of imidazole rings is 1. The van der Waals surface area contributed by atoms with Crippen molar-refractivity contribution in [3.8, 4) is 11.1 Å². The zero-order valence-electron chi connectivity index (χ0n) is 10.3. The average molecular weight is 239 g/mol. The van der Waals surface area contributed by atoms with Crippen LogP contribution in [0.2, 0.25) is 0 Å². The Labute approximate surface area is 104 Å². The number of fused-ring (bicyclic) bond motifs is 1. The maximum Gasteiger partial charge on any atom is 0.328 e. The van der Waals surface area contributed by atoms with Gasteiger partial charge in [-0.05, 0) is 23.8 Å². The SMILES string of the molecule is Cn1c(=O)n(C)c2cc(-c3cccnc3)ccc21. The molecule has 0 bridgehead atoms. The monoisotopic (exact) mass is 239 g/mol. The van der Waals surface area contributed by atoms with Crippen molar-refractivity contribution in [2.75, 3.05) is 0 Å². The highest BCUT2D eigenvalue weighted by atomic mass is 16.1. The van der Waals surface area contributed by atoms with Gasteiger partial charge in [0.15, 0.2) is 0 Å². The van der Waals surface area contributed by atoms with Gasteiger partial charge in [0.1, 0.15) is 0 Å². The molecular weight excluding hydrogens is 226 g/mol. The van der Waals surface area contributed by atoms with Crippen LogP contribution < -0.4 is 5.69 Å². The summed E-state index contributed by atoms with van der Waals surface area (Å²) in [5.41, 5.74) is 3.99. The smallest absolute Gasteiger partial charge is 0.295 e. The van der Waals surface area contributed by atoms with E-state index in [1.807, 2.05) is 36.5 Å². The van der Waals surface area contributed by atoms with E-state index in [1.165, 1.54) is 0 Å². The van der Waals surface area contributed by atoms with Crippen molar-refractivity contribution in [3.05, 3.63) is 53.2 Å². The fourth-order valence-electron chi connectivity index (χ4n) is 2.22. The molecule has 0 aliphatic carbocycles. The van der Waals surface area contributed by atoms with Crippen LogP contribution in [-0.2, 0) is 14.1 Å². The van der Waals surface area contributed by atoms with E-state index in [1.54, 1.807) is 29.4 Å². The van der Waals surface area contributed by atoms with Crippen molar-refractivity contribution >= 4 is 11.0 Å². The van der Waals surface area contributed by atoms with Crippen molar-refractivity contribution in [2.24, 2.45) is 14.1 Å². The number of rotatable bonds is 1. The minimum atomic E-state index is -0.00617. The Kier molecular flexibility index (Phi) is 2.30. The van der Waals surface area contributed by atoms with Gasteiger partial charge in [0, 0.05) is 32.1 Å². The normalized spacial score (nSPS) is 11.0. The van der Waals surface area contributed by atoms with E-state index in [0.29, 0.717) is 0 Å². The lowest BCUT2D eigenvalue weighted by Crippen LogP contribution is -2.19. The molecule has 3 aromatic rings. The molecule has 4 nitrogen and oxygen atoms in total. The van der Waals surface area contributed by atoms with Crippen molar-refractivity contribution in [1.82, 2.24) is 14.1 Å². The van der Waals surface area contributed by atoms with Crippen molar-refractivity contribution in [3.63, 3.8) is 0 Å². The molecule has 90 valence electrons. The predicted molar refractivity (Wildman–Crippen MR) is 71.4 cm³/mol. The van der Waals surface area contributed by atoms with Crippen LogP contribution in [0.3, 0.4) is 0 Å². The lowest BCUT2D eigenvalue weighted by atomic mass is 10.1. The maximum absolute atomic E-state index is 11.8. The van der Waals surface area contributed by atoms with Crippen molar-refractivity contribution in [2.45, 2.75) is 0 Å². The number of aryl methyl sites for hydroxylation is 2. The second kappa shape index (κ2) is 3.84. The van der Waals surface area contributed by atoms with Crippen LogP contribution >= 0.6 is 0 Å². The molecule has 0 N–H and O–H groups in total. The van der Waals surface area contributed by atoms with Crippen LogP contribution in [0.4, 0.5) is 0 Å². The first-order valence-electron chi connectivity index (χ1n) is 5.74. The highest BCUT2D eigenvalue weighted by Crippen LogP contribution is 2.22. The van der Waals surface area contributed by atoms with E-state index in [-0.39, 0.29) is 5.69 Å². The predicted octanol–water partition coefficient (Wildman–Crippen LogP) is 1.94. The average Bonchev–Trinajstić information content (AvgIpc) is 2.65. The summed E-state index contributed by atoms with van der Waals surface area (Å²) in [4.78, 5) is 16.0. The summed E-state index contributed by atoms with van der Waals surface area (Å²) >= 11 is 0. The number of pyridine rings is 1. The fourth-order valence-corrected chi connectivity index (χ4v) is 2.22. The van der Waals surface area contributed by atoms with Gasteiger partial charge in [-0.1, -0.05) is 12.1 Å². The number of nitrogens with zero attached hydrogens (tertiary/aromatic N) is 3. The molecule has 2 heterocycles. The molecular formula is C14H13N3O. The maximum atomic E-state index is 11.8. The van der Waals surface area contributed by atoms with Gasteiger partial charge in [-0.15, -0.1) is 0 Å². The van der Waals surface area contributed by atoms with Crippen LogP contribution in [0.5, 0.6) is 0 Å². The zero-order chi connectivity index (χ0) is 12.7. The molecule has 0 radical (unpaired) electrons. The molecule has 0 aliphatic heterocycles. The summed E-state index contributed by atoms with van der Waals surface area (Å²) in [5.74, 6) is 0. The third-order valence-corrected chi connectivity index (χ3v) is 3.27. The van der Waals surface area contributed by atoms with Gasteiger partial charge in [0.25, 0.3) is 0 Å². The van der Waals surface area contributed by atoms with E-state index in [0.717, 1.165) is 22.2 Å². The third kappa shape index (κ3) is 1.46. The van der Waals surface area contributed by atoms with Crippen LogP contribution in [0.25, 0.3) is 22.2 Å². The van der Waals surface area contributed by atoms with Crippen molar-refractivity contribution in [1.29, 1.82) is 0 Å². The Hall–Kier alpha value is -2.36. The Balaban J connectivity index is 2.30. The lowest BCUT2D eigenvalue weighted by Gasteiger charge is -2.02. The molecule has 0 saturated heterocycles. The van der Waals surface area contributed by atoms with Gasteiger partial charge in [0.2, 0.25) is 0 Å². The molecule has 1 aromatic carbocycles. The van der Waals surface area contributed by atoms with E-state index >= 15 is 0 Å². The first-order chi connectivity index (χ1) is 8.68. The Morgan fingerprint density at radius 2 is 1.78 bits per heavy atom. The van der Waals surface area contributed by atoms with Gasteiger partial charge < -0.3 is 0 Å². The van der Waals surface area contributed by atoms with Crippen LogP contribution in [0.15, 0.2) is 47.5 Å². The third-order valence-electron chi connectivity index (χ3n) is 3.27. The molecule has 3 rings (SSSR count). The van der Waals surface area contributed by atoms with Crippen LogP contribution in [0, 0.1) is 0 Å². The summed E-state index contributed by atoms with van der Waals surface area (Å²) in [7, 11) is 3.58. The molecule has 0 unspecified atom stereocenters. The first-order valence-corrected chi connectivity index (χ1v) is 5.74. The summed E-state index contributed by atoms with van der Waals surface area (Å²) in [6, 6.07) is 9.92. The van der Waals surface area contributed by atoms with Crippen molar-refractivity contribution < 1.29 is 0 Å². The number of hydrogen-bond acceptors (Lipinski definition) is 2. The minimum absolute atomic E-state index is 0.00617.